The van der Waals surface area contributed by atoms with E-state index in [4.69, 9.17) is 4.98 Å². The van der Waals surface area contributed by atoms with Gasteiger partial charge in [-0.25, -0.2) is 4.98 Å². The Labute approximate surface area is 253 Å². The van der Waals surface area contributed by atoms with Crippen LogP contribution in [0.15, 0.2) is 122 Å². The molecular weight excluding hydrogens is 526 g/mol. The lowest BCUT2D eigenvalue weighted by Crippen LogP contribution is -2.38. The summed E-state index contributed by atoms with van der Waals surface area (Å²) in [6, 6.07) is 40.5. The average Bonchev–Trinajstić information content (AvgIpc) is 3.58. The van der Waals surface area contributed by atoms with E-state index in [2.05, 4.69) is 128 Å². The fourth-order valence-electron chi connectivity index (χ4n) is 7.38. The first kappa shape index (κ1) is 27.2. The third kappa shape index (κ3) is 4.36. The van der Waals surface area contributed by atoms with E-state index in [0.717, 1.165) is 42.6 Å². The molecule has 1 unspecified atom stereocenters. The molecule has 0 amide bonds. The molecule has 3 heterocycles. The Morgan fingerprint density at radius 2 is 1.35 bits per heavy atom. The Morgan fingerprint density at radius 1 is 0.791 bits per heavy atom. The summed E-state index contributed by atoms with van der Waals surface area (Å²) in [5.41, 5.74) is 8.56. The van der Waals surface area contributed by atoms with Gasteiger partial charge in [-0.15, -0.1) is 0 Å². The average molecular weight is 564 g/mol. The summed E-state index contributed by atoms with van der Waals surface area (Å²) in [5, 5.41) is 1.23. The first-order valence-corrected chi connectivity index (χ1v) is 15.5. The van der Waals surface area contributed by atoms with Crippen LogP contribution in [0.4, 0.5) is 0 Å². The molecule has 4 aromatic carbocycles. The highest BCUT2D eigenvalue weighted by Gasteiger charge is 2.40. The van der Waals surface area contributed by atoms with Crippen molar-refractivity contribution >= 4 is 16.8 Å². The van der Waals surface area contributed by atoms with E-state index in [0.29, 0.717) is 6.42 Å². The summed E-state index contributed by atoms with van der Waals surface area (Å²) in [5.74, 6) is 0.0913. The quantitative estimate of drug-likeness (QED) is 0.175. The highest BCUT2D eigenvalue weighted by molar-refractivity contribution is 5.97. The highest BCUT2D eigenvalue weighted by atomic mass is 16.2. The topological polar surface area (TPSA) is 39.8 Å². The van der Waals surface area contributed by atoms with Gasteiger partial charge in [0.2, 0.25) is 5.91 Å². The van der Waals surface area contributed by atoms with Crippen LogP contribution in [-0.2, 0) is 24.8 Å². The van der Waals surface area contributed by atoms with Crippen LogP contribution in [0.5, 0.6) is 0 Å². The molecule has 0 aliphatic carbocycles. The lowest BCUT2D eigenvalue weighted by Gasteiger charge is -2.38. The van der Waals surface area contributed by atoms with Crippen molar-refractivity contribution in [2.45, 2.75) is 51.5 Å². The lowest BCUT2D eigenvalue weighted by molar-refractivity contribution is 0.0808. The summed E-state index contributed by atoms with van der Waals surface area (Å²) in [7, 11) is 0. The van der Waals surface area contributed by atoms with Crippen LogP contribution in [0.25, 0.3) is 10.9 Å². The van der Waals surface area contributed by atoms with Crippen molar-refractivity contribution in [3.05, 3.63) is 161 Å². The molecule has 1 atom stereocenters. The summed E-state index contributed by atoms with van der Waals surface area (Å²) in [6.45, 7) is 4.38. The number of hydrogen-bond donors (Lipinski definition) is 0. The number of aromatic nitrogens is 3. The van der Waals surface area contributed by atoms with Crippen molar-refractivity contribution in [2.75, 3.05) is 0 Å². The molecule has 0 saturated heterocycles. The van der Waals surface area contributed by atoms with Crippen molar-refractivity contribution in [2.24, 2.45) is 5.92 Å². The van der Waals surface area contributed by atoms with Gasteiger partial charge in [0, 0.05) is 29.1 Å². The summed E-state index contributed by atoms with van der Waals surface area (Å²) >= 11 is 0. The van der Waals surface area contributed by atoms with Crippen LogP contribution in [0.3, 0.4) is 0 Å². The van der Waals surface area contributed by atoms with Gasteiger partial charge in [0.05, 0.1) is 17.5 Å². The molecule has 1 aliphatic rings. The minimum Gasteiger partial charge on any atom is -0.316 e. The molecule has 7 rings (SSSR count). The second-order valence-corrected chi connectivity index (χ2v) is 11.8. The predicted octanol–water partition coefficient (Wildman–Crippen LogP) is 8.38. The molecule has 0 spiro atoms. The molecule has 43 heavy (non-hydrogen) atoms. The fraction of sp³-hybridized carbons (Fsp3) is 0.231. The number of nitrogens with zero attached hydrogens (tertiary/aromatic N) is 3. The standard InChI is InChI=1S/C39H37N3O/c1-3-15-33-34-22-13-14-23-36(34)42-37(33)25-24-29(38(42)43)26-35-28(2)41(27-40-35)39(30-16-7-4-8-17-30,31-18-9-5-10-19-31)32-20-11-6-12-21-32/h4-14,16-23,27,29H,3,15,24-26H2,1-2H3. The first-order valence-electron chi connectivity index (χ1n) is 15.5. The van der Waals surface area contributed by atoms with E-state index in [-0.39, 0.29) is 11.8 Å². The Hall–Kier alpha value is -4.70. The van der Waals surface area contributed by atoms with Crippen molar-refractivity contribution in [1.29, 1.82) is 0 Å². The third-order valence-electron chi connectivity index (χ3n) is 9.37. The second kappa shape index (κ2) is 11.2. The zero-order valence-electron chi connectivity index (χ0n) is 24.9. The van der Waals surface area contributed by atoms with Gasteiger partial charge in [0.15, 0.2) is 0 Å². The van der Waals surface area contributed by atoms with Gasteiger partial charge in [-0.1, -0.05) is 123 Å². The smallest absolute Gasteiger partial charge is 0.234 e. The number of benzene rings is 4. The first-order chi connectivity index (χ1) is 21.1. The van der Waals surface area contributed by atoms with E-state index in [1.807, 2.05) is 17.0 Å². The number of carbonyl (C=O) groups is 1. The molecule has 6 aromatic rings. The maximum Gasteiger partial charge on any atom is 0.234 e. The van der Waals surface area contributed by atoms with Gasteiger partial charge in [-0.05, 0) is 54.5 Å². The van der Waals surface area contributed by atoms with Crippen LogP contribution in [0.1, 0.15) is 63.9 Å². The molecule has 214 valence electrons. The summed E-state index contributed by atoms with van der Waals surface area (Å²) in [4.78, 5) is 19.2. The third-order valence-corrected chi connectivity index (χ3v) is 9.37. The summed E-state index contributed by atoms with van der Waals surface area (Å²) < 4.78 is 4.36. The number of para-hydroxylation sites is 1. The van der Waals surface area contributed by atoms with Crippen molar-refractivity contribution in [1.82, 2.24) is 14.1 Å². The molecule has 4 nitrogen and oxygen atoms in total. The monoisotopic (exact) mass is 563 g/mol. The number of hydrogen-bond acceptors (Lipinski definition) is 2. The van der Waals surface area contributed by atoms with Crippen LogP contribution in [-0.4, -0.2) is 20.0 Å². The molecule has 0 radical (unpaired) electrons. The largest absolute Gasteiger partial charge is 0.316 e. The second-order valence-electron chi connectivity index (χ2n) is 11.8. The van der Waals surface area contributed by atoms with Gasteiger partial charge in [-0.2, -0.15) is 0 Å². The maximum atomic E-state index is 14.2. The van der Waals surface area contributed by atoms with Gasteiger partial charge >= 0.3 is 0 Å². The minimum atomic E-state index is -0.617. The summed E-state index contributed by atoms with van der Waals surface area (Å²) in [6.07, 6.45) is 6.45. The Morgan fingerprint density at radius 3 is 1.93 bits per heavy atom. The fourth-order valence-corrected chi connectivity index (χ4v) is 7.38. The van der Waals surface area contributed by atoms with Gasteiger partial charge < -0.3 is 4.57 Å². The molecular formula is C39H37N3O. The minimum absolute atomic E-state index is 0.112. The van der Waals surface area contributed by atoms with E-state index in [1.165, 1.54) is 33.3 Å². The van der Waals surface area contributed by atoms with Crippen LogP contribution < -0.4 is 0 Å². The van der Waals surface area contributed by atoms with Crippen LogP contribution >= 0.6 is 0 Å². The Balaban J connectivity index is 1.33. The number of rotatable bonds is 8. The molecule has 0 saturated carbocycles. The number of fused-ring (bicyclic) bond motifs is 3. The zero-order chi connectivity index (χ0) is 29.4. The van der Waals surface area contributed by atoms with E-state index < -0.39 is 5.54 Å². The van der Waals surface area contributed by atoms with E-state index >= 15 is 0 Å². The Bertz CT molecular complexity index is 1790. The molecule has 2 aromatic heterocycles. The van der Waals surface area contributed by atoms with Crippen molar-refractivity contribution in [3.8, 4) is 0 Å². The van der Waals surface area contributed by atoms with E-state index in [1.54, 1.807) is 0 Å². The van der Waals surface area contributed by atoms with Gasteiger partial charge in [-0.3, -0.25) is 9.36 Å². The maximum absolute atomic E-state index is 14.2. The number of carbonyl (C=O) groups excluding carboxylic acids is 1. The Kier molecular flexibility index (Phi) is 7.06. The van der Waals surface area contributed by atoms with Gasteiger partial charge in [0.25, 0.3) is 0 Å². The molecule has 0 bridgehead atoms. The van der Waals surface area contributed by atoms with Crippen LogP contribution in [0.2, 0.25) is 0 Å². The zero-order valence-corrected chi connectivity index (χ0v) is 24.9. The number of imidazole rings is 1. The molecule has 1 aliphatic heterocycles. The van der Waals surface area contributed by atoms with E-state index in [9.17, 15) is 4.79 Å². The van der Waals surface area contributed by atoms with Crippen LogP contribution in [0, 0.1) is 12.8 Å². The predicted molar refractivity (Wildman–Crippen MR) is 174 cm³/mol. The normalized spacial score (nSPS) is 15.1. The van der Waals surface area contributed by atoms with Crippen molar-refractivity contribution in [3.63, 3.8) is 0 Å². The van der Waals surface area contributed by atoms with Crippen molar-refractivity contribution < 1.29 is 4.79 Å². The molecule has 0 N–H and O–H groups in total. The lowest BCUT2D eigenvalue weighted by atomic mass is 9.76. The number of aryl methyl sites for hydroxylation is 1. The van der Waals surface area contributed by atoms with Gasteiger partial charge in [0.1, 0.15) is 5.54 Å². The molecule has 4 heteroatoms. The molecule has 0 fully saturated rings. The highest BCUT2D eigenvalue weighted by Crippen LogP contribution is 2.42. The SMILES string of the molecule is CCCc1c2n(c3ccccc13)C(=O)C(Cc1ncn(C(c3ccccc3)(c3ccccc3)c3ccccc3)c1C)CC2.